The highest BCUT2D eigenvalue weighted by Crippen LogP contribution is 2.40. The van der Waals surface area contributed by atoms with E-state index in [1.54, 1.807) is 36.4 Å². The van der Waals surface area contributed by atoms with E-state index in [1.165, 1.54) is 30.3 Å². The van der Waals surface area contributed by atoms with E-state index in [-0.39, 0.29) is 21.3 Å². The second-order valence-corrected chi connectivity index (χ2v) is 12.9. The molecular formula is C32H24N5O6PS. The van der Waals surface area contributed by atoms with E-state index in [2.05, 4.69) is 25.8 Å². The lowest BCUT2D eigenvalue weighted by atomic mass is 10.1. The normalized spacial score (nSPS) is 12.4. The Hall–Kier alpha value is -5.10. The monoisotopic (exact) mass is 637 g/mol. The fraction of sp³-hybridized carbons (Fsp3) is 0. The van der Waals surface area contributed by atoms with Crippen molar-refractivity contribution in [2.24, 2.45) is 20.5 Å². The molecule has 0 aromatic heterocycles. The van der Waals surface area contributed by atoms with Crippen LogP contribution in [0.4, 0.5) is 34.1 Å². The maximum atomic E-state index is 12.3. The van der Waals surface area contributed by atoms with Gasteiger partial charge in [0.1, 0.15) is 4.90 Å². The van der Waals surface area contributed by atoms with E-state index in [0.717, 1.165) is 5.69 Å². The van der Waals surface area contributed by atoms with Crippen molar-refractivity contribution in [3.8, 4) is 0 Å². The SMILES string of the molecule is O=P(O)(O)c1cccc(N=Nc2ccc(N=Nc3ccc(Nc4ccccc4)c4c(S(=O)(=O)O)cccc34)c3ccccc23)c1. The maximum Gasteiger partial charge on any atom is 0.356 e. The minimum atomic E-state index is -4.57. The second-order valence-electron chi connectivity index (χ2n) is 9.89. The summed E-state index contributed by atoms with van der Waals surface area (Å²) in [4.78, 5) is 18.7. The van der Waals surface area contributed by atoms with Crippen LogP contribution in [0.2, 0.25) is 0 Å². The largest absolute Gasteiger partial charge is 0.356 e. The highest BCUT2D eigenvalue weighted by atomic mass is 32.2. The van der Waals surface area contributed by atoms with E-state index in [0.29, 0.717) is 38.9 Å². The Morgan fingerprint density at radius 2 is 1.16 bits per heavy atom. The first kappa shape index (κ1) is 29.9. The maximum absolute atomic E-state index is 12.3. The molecule has 224 valence electrons. The van der Waals surface area contributed by atoms with Crippen LogP contribution >= 0.6 is 7.60 Å². The molecule has 0 aliphatic carbocycles. The average molecular weight is 638 g/mol. The van der Waals surface area contributed by atoms with E-state index in [4.69, 9.17) is 0 Å². The first-order valence-corrected chi connectivity index (χ1v) is 16.5. The Balaban J connectivity index is 1.40. The van der Waals surface area contributed by atoms with Crippen molar-refractivity contribution in [3.05, 3.63) is 121 Å². The lowest BCUT2D eigenvalue weighted by Gasteiger charge is -2.14. The number of fused-ring (bicyclic) bond motifs is 2. The number of hydrogen-bond donors (Lipinski definition) is 4. The summed E-state index contributed by atoms with van der Waals surface area (Å²) in [6.45, 7) is 0. The van der Waals surface area contributed by atoms with Crippen molar-refractivity contribution in [2.75, 3.05) is 5.32 Å². The zero-order valence-electron chi connectivity index (χ0n) is 23.3. The molecule has 0 radical (unpaired) electrons. The van der Waals surface area contributed by atoms with Gasteiger partial charge in [-0.1, -0.05) is 60.7 Å². The van der Waals surface area contributed by atoms with Gasteiger partial charge >= 0.3 is 7.60 Å². The zero-order chi connectivity index (χ0) is 31.6. The summed E-state index contributed by atoms with van der Waals surface area (Å²) in [6, 6.07) is 33.7. The Kier molecular flexibility index (Phi) is 8.07. The number of hydrogen-bond acceptors (Lipinski definition) is 8. The van der Waals surface area contributed by atoms with Crippen molar-refractivity contribution in [1.82, 2.24) is 0 Å². The summed E-state index contributed by atoms with van der Waals surface area (Å²) < 4.78 is 46.3. The zero-order valence-corrected chi connectivity index (χ0v) is 25.0. The van der Waals surface area contributed by atoms with Crippen molar-refractivity contribution in [1.29, 1.82) is 0 Å². The third-order valence-electron chi connectivity index (χ3n) is 6.89. The van der Waals surface area contributed by atoms with E-state index < -0.39 is 17.7 Å². The molecule has 0 heterocycles. The summed E-state index contributed by atoms with van der Waals surface area (Å²) in [6.07, 6.45) is 0. The van der Waals surface area contributed by atoms with Gasteiger partial charge in [-0.2, -0.15) is 13.5 Å². The Morgan fingerprint density at radius 1 is 0.600 bits per heavy atom. The predicted octanol–water partition coefficient (Wildman–Crippen LogP) is 8.62. The average Bonchev–Trinajstić information content (AvgIpc) is 3.03. The molecule has 6 aromatic carbocycles. The number of anilines is 2. The first-order valence-electron chi connectivity index (χ1n) is 13.4. The van der Waals surface area contributed by atoms with Crippen molar-refractivity contribution in [2.45, 2.75) is 4.90 Å². The van der Waals surface area contributed by atoms with E-state index >= 15 is 0 Å². The first-order chi connectivity index (χ1) is 21.6. The third-order valence-corrected chi connectivity index (χ3v) is 8.74. The quantitative estimate of drug-likeness (QED) is 0.0734. The Morgan fingerprint density at radius 3 is 1.80 bits per heavy atom. The van der Waals surface area contributed by atoms with Gasteiger partial charge in [-0.05, 0) is 60.7 Å². The molecule has 0 bridgehead atoms. The molecule has 0 saturated carbocycles. The van der Waals surface area contributed by atoms with Gasteiger partial charge < -0.3 is 15.1 Å². The van der Waals surface area contributed by atoms with Crippen molar-refractivity contribution >= 4 is 78.7 Å². The standard InChI is InChI=1S/C32H24N5O6PS/c38-44(39,40)23-11-6-10-22(20-23)34-35-27-16-17-28(25-13-5-4-12-24(25)27)36-37-29-18-19-30(33-21-8-2-1-3-9-21)32-26(29)14-7-15-31(32)45(41,42)43/h1-20,33H,(H2,38,39,40)(H,41,42,43). The van der Waals surface area contributed by atoms with Gasteiger partial charge in [0.15, 0.2) is 0 Å². The van der Waals surface area contributed by atoms with Crippen molar-refractivity contribution in [3.63, 3.8) is 0 Å². The molecular weight excluding hydrogens is 613 g/mol. The lowest BCUT2D eigenvalue weighted by molar-refractivity contribution is 0.387. The van der Waals surface area contributed by atoms with Crippen LogP contribution in [-0.2, 0) is 14.7 Å². The minimum absolute atomic E-state index is 0.153. The smallest absolute Gasteiger partial charge is 0.355 e. The molecule has 0 aliphatic rings. The molecule has 11 nitrogen and oxygen atoms in total. The van der Waals surface area contributed by atoms with Gasteiger partial charge in [-0.15, -0.1) is 15.3 Å². The van der Waals surface area contributed by atoms with Gasteiger partial charge in [-0.3, -0.25) is 9.12 Å². The van der Waals surface area contributed by atoms with Crippen LogP contribution < -0.4 is 10.6 Å². The molecule has 6 rings (SSSR count). The van der Waals surface area contributed by atoms with Gasteiger partial charge in [0.25, 0.3) is 10.1 Å². The van der Waals surface area contributed by atoms with E-state index in [9.17, 15) is 27.3 Å². The van der Waals surface area contributed by atoms with E-state index in [1.807, 2.05) is 54.6 Å². The van der Waals surface area contributed by atoms with Crippen LogP contribution in [0.3, 0.4) is 0 Å². The highest BCUT2D eigenvalue weighted by molar-refractivity contribution is 7.86. The minimum Gasteiger partial charge on any atom is -0.355 e. The fourth-order valence-electron chi connectivity index (χ4n) is 4.84. The second kappa shape index (κ2) is 12.1. The lowest BCUT2D eigenvalue weighted by Crippen LogP contribution is -2.01. The molecule has 0 unspecified atom stereocenters. The van der Waals surface area contributed by atoms with Crippen LogP contribution in [0.15, 0.2) is 147 Å². The van der Waals surface area contributed by atoms with Crippen LogP contribution in [-0.4, -0.2) is 22.8 Å². The van der Waals surface area contributed by atoms with Crippen LogP contribution in [0.25, 0.3) is 21.5 Å². The van der Waals surface area contributed by atoms with Crippen molar-refractivity contribution < 1.29 is 27.3 Å². The van der Waals surface area contributed by atoms with Crippen LogP contribution in [0.1, 0.15) is 0 Å². The predicted molar refractivity (Wildman–Crippen MR) is 174 cm³/mol. The summed E-state index contributed by atoms with van der Waals surface area (Å²) in [5.74, 6) is 0. The van der Waals surface area contributed by atoms with Gasteiger partial charge in [0.05, 0.1) is 28.1 Å². The van der Waals surface area contributed by atoms with Gasteiger partial charge in [0, 0.05) is 32.9 Å². The number of para-hydroxylation sites is 1. The molecule has 45 heavy (non-hydrogen) atoms. The number of nitrogens with zero attached hydrogens (tertiary/aromatic N) is 4. The molecule has 6 aromatic rings. The molecule has 13 heteroatoms. The summed E-state index contributed by atoms with van der Waals surface area (Å²) >= 11 is 0. The Labute approximate surface area is 257 Å². The summed E-state index contributed by atoms with van der Waals surface area (Å²) in [7, 11) is -9.00. The molecule has 0 atom stereocenters. The van der Waals surface area contributed by atoms with Crippen LogP contribution in [0, 0.1) is 0 Å². The number of azo groups is 2. The van der Waals surface area contributed by atoms with Gasteiger partial charge in [0.2, 0.25) is 0 Å². The molecule has 0 amide bonds. The molecule has 4 N–H and O–H groups in total. The number of benzene rings is 6. The number of nitrogens with one attached hydrogen (secondary N) is 1. The molecule has 0 aliphatic heterocycles. The third kappa shape index (κ3) is 6.55. The summed E-state index contributed by atoms with van der Waals surface area (Å²) in [5.41, 5.74) is 2.88. The fourth-order valence-corrected chi connectivity index (χ4v) is 6.15. The highest BCUT2D eigenvalue weighted by Gasteiger charge is 2.19. The summed E-state index contributed by atoms with van der Waals surface area (Å²) in [5, 5.41) is 22.7. The molecule has 0 fully saturated rings. The molecule has 0 saturated heterocycles. The molecule has 0 spiro atoms. The number of rotatable bonds is 8. The van der Waals surface area contributed by atoms with Crippen LogP contribution in [0.5, 0.6) is 0 Å². The topological polar surface area (TPSA) is 173 Å². The Bertz CT molecular complexity index is 2290. The van der Waals surface area contributed by atoms with Gasteiger partial charge in [-0.25, -0.2) is 0 Å².